The van der Waals surface area contributed by atoms with E-state index in [2.05, 4.69) is 24.1 Å². The average Bonchev–Trinajstić information content (AvgIpc) is 3.59. The Kier molecular flexibility index (Phi) is 31.1. The molecule has 0 aliphatic carbocycles. The van der Waals surface area contributed by atoms with Gasteiger partial charge in [-0.25, -0.2) is 9.78 Å². The lowest BCUT2D eigenvalue weighted by Gasteiger charge is -2.15. The molecule has 1 atom stereocenters. The maximum atomic E-state index is 12.7. The Bertz CT molecular complexity index is 946. The molecule has 290 valence electrons. The Morgan fingerprint density at radius 1 is 0.580 bits per heavy atom. The number of nitrogens with zero attached hydrogens (tertiary/aromatic N) is 2. The topological polar surface area (TPSA) is 90.3 Å². The second kappa shape index (κ2) is 33.9. The quantitative estimate of drug-likeness (QED) is 0.0555. The van der Waals surface area contributed by atoms with Crippen molar-refractivity contribution in [1.29, 1.82) is 0 Å². The molecular formula is C43H79N3O4. The van der Waals surface area contributed by atoms with Crippen LogP contribution >= 0.6 is 0 Å². The van der Waals surface area contributed by atoms with Crippen molar-refractivity contribution in [1.82, 2.24) is 14.9 Å². The van der Waals surface area contributed by atoms with Crippen LogP contribution in [0.3, 0.4) is 0 Å². The lowest BCUT2D eigenvalue weighted by molar-refractivity contribution is -0.145. The third-order valence-electron chi connectivity index (χ3n) is 10.2. The van der Waals surface area contributed by atoms with E-state index in [-0.39, 0.29) is 18.2 Å². The second-order valence-electron chi connectivity index (χ2n) is 14.9. The smallest absolute Gasteiger partial charge is 0.328 e. The van der Waals surface area contributed by atoms with Crippen LogP contribution in [0.5, 0.6) is 0 Å². The van der Waals surface area contributed by atoms with Crippen LogP contribution in [0.1, 0.15) is 230 Å². The molecule has 1 rings (SSSR count). The molecule has 0 saturated heterocycles. The average molecular weight is 702 g/mol. The molecule has 1 amide bonds. The van der Waals surface area contributed by atoms with Crippen LogP contribution in [-0.2, 0) is 20.7 Å². The van der Waals surface area contributed by atoms with E-state index in [1.807, 2.05) is 0 Å². The molecule has 50 heavy (non-hydrogen) atoms. The summed E-state index contributed by atoms with van der Waals surface area (Å²) in [5.74, 6) is -0.613. The van der Waals surface area contributed by atoms with Crippen molar-refractivity contribution in [3.05, 3.63) is 18.2 Å². The van der Waals surface area contributed by atoms with E-state index in [4.69, 9.17) is 4.74 Å². The summed E-state index contributed by atoms with van der Waals surface area (Å²) in [6.07, 6.45) is 43.0. The van der Waals surface area contributed by atoms with Crippen LogP contribution in [-0.4, -0.2) is 40.5 Å². The Labute approximate surface area is 308 Å². The molecule has 0 bridgehead atoms. The van der Waals surface area contributed by atoms with Crippen LogP contribution in [0.4, 0.5) is 0 Å². The van der Waals surface area contributed by atoms with Gasteiger partial charge < -0.3 is 10.1 Å². The van der Waals surface area contributed by atoms with Gasteiger partial charge in [-0.3, -0.25) is 14.2 Å². The van der Waals surface area contributed by atoms with Crippen LogP contribution < -0.4 is 5.32 Å². The summed E-state index contributed by atoms with van der Waals surface area (Å²) in [6.45, 7) is 4.54. The molecular weight excluding hydrogens is 622 g/mol. The SMILES string of the molecule is CCCCCCCCCCCCCCCCCC(=O)N[C@H](Cc1cn(C(=O)CCCCCCCCCCCCCCCCC)cn1)C(=O)OC. The van der Waals surface area contributed by atoms with E-state index >= 15 is 0 Å². The number of esters is 1. The minimum absolute atomic E-state index is 0.0188. The summed E-state index contributed by atoms with van der Waals surface area (Å²) in [4.78, 5) is 42.1. The number of nitrogens with one attached hydrogen (secondary N) is 1. The maximum Gasteiger partial charge on any atom is 0.328 e. The fourth-order valence-electron chi connectivity index (χ4n) is 6.85. The number of unbranched alkanes of at least 4 members (excludes halogenated alkanes) is 28. The monoisotopic (exact) mass is 702 g/mol. The highest BCUT2D eigenvalue weighted by Gasteiger charge is 2.23. The van der Waals surface area contributed by atoms with Crippen molar-refractivity contribution in [2.45, 2.75) is 232 Å². The molecule has 1 heterocycles. The molecule has 0 unspecified atom stereocenters. The molecule has 0 aliphatic rings. The van der Waals surface area contributed by atoms with E-state index in [9.17, 15) is 14.4 Å². The number of hydrogen-bond acceptors (Lipinski definition) is 5. The summed E-state index contributed by atoms with van der Waals surface area (Å²) in [6, 6.07) is -0.808. The van der Waals surface area contributed by atoms with Gasteiger partial charge in [0.1, 0.15) is 12.4 Å². The molecule has 7 heteroatoms. The lowest BCUT2D eigenvalue weighted by atomic mass is 10.0. The predicted octanol–water partition coefficient (Wildman–Crippen LogP) is 12.2. The number of carbonyl (C=O) groups excluding carboxylic acids is 3. The molecule has 0 aliphatic heterocycles. The number of imidazole rings is 1. The van der Waals surface area contributed by atoms with Gasteiger partial charge in [-0.1, -0.05) is 194 Å². The highest BCUT2D eigenvalue weighted by Crippen LogP contribution is 2.16. The van der Waals surface area contributed by atoms with Crippen LogP contribution in [0.2, 0.25) is 0 Å². The summed E-state index contributed by atoms with van der Waals surface area (Å²) >= 11 is 0. The Morgan fingerprint density at radius 2 is 0.940 bits per heavy atom. The molecule has 1 aromatic heterocycles. The summed E-state index contributed by atoms with van der Waals surface area (Å²) in [7, 11) is 1.33. The highest BCUT2D eigenvalue weighted by atomic mass is 16.5. The molecule has 1 N–H and O–H groups in total. The zero-order valence-electron chi connectivity index (χ0n) is 33.1. The van der Waals surface area contributed by atoms with E-state index in [0.717, 1.165) is 32.1 Å². The minimum Gasteiger partial charge on any atom is -0.467 e. The van der Waals surface area contributed by atoms with Crippen molar-refractivity contribution in [3.63, 3.8) is 0 Å². The number of methoxy groups -OCH3 is 1. The fraction of sp³-hybridized carbons (Fsp3) is 0.860. The van der Waals surface area contributed by atoms with Crippen molar-refractivity contribution in [2.24, 2.45) is 0 Å². The van der Waals surface area contributed by atoms with E-state index < -0.39 is 12.0 Å². The molecule has 0 aromatic carbocycles. The Hall–Kier alpha value is -2.18. The van der Waals surface area contributed by atoms with Crippen molar-refractivity contribution in [2.75, 3.05) is 7.11 Å². The van der Waals surface area contributed by atoms with Gasteiger partial charge in [0.15, 0.2) is 0 Å². The minimum atomic E-state index is -0.808. The molecule has 1 aromatic rings. The first-order valence-electron chi connectivity index (χ1n) is 21.4. The van der Waals surface area contributed by atoms with Gasteiger partial charge >= 0.3 is 5.97 Å². The first-order valence-corrected chi connectivity index (χ1v) is 21.4. The molecule has 0 spiro atoms. The van der Waals surface area contributed by atoms with E-state index in [1.165, 1.54) is 179 Å². The van der Waals surface area contributed by atoms with Gasteiger partial charge in [0.25, 0.3) is 0 Å². The summed E-state index contributed by atoms with van der Waals surface area (Å²) < 4.78 is 6.47. The maximum absolute atomic E-state index is 12.7. The Balaban J connectivity index is 2.12. The van der Waals surface area contributed by atoms with Gasteiger partial charge in [0, 0.05) is 25.5 Å². The third kappa shape index (κ3) is 26.6. The van der Waals surface area contributed by atoms with Crippen molar-refractivity contribution >= 4 is 17.8 Å². The highest BCUT2D eigenvalue weighted by molar-refractivity contribution is 5.84. The molecule has 0 saturated carbocycles. The number of carbonyl (C=O) groups is 3. The predicted molar refractivity (Wildman–Crippen MR) is 210 cm³/mol. The first kappa shape index (κ1) is 45.8. The standard InChI is InChI=1S/C43H79N3O4/c1-4-6-8-10-12-14-16-18-20-22-24-26-28-30-32-34-41(47)45-40(43(49)50-3)36-39-37-46(38-44-39)42(48)35-33-31-29-27-25-23-21-19-17-15-13-11-9-7-5-2/h37-38,40H,4-36H2,1-3H3,(H,45,47)/t40-/m1/s1. The number of rotatable bonds is 36. The molecule has 7 nitrogen and oxygen atoms in total. The van der Waals surface area contributed by atoms with E-state index in [1.54, 1.807) is 6.20 Å². The summed E-state index contributed by atoms with van der Waals surface area (Å²) in [5.41, 5.74) is 0.595. The zero-order valence-corrected chi connectivity index (χ0v) is 33.1. The third-order valence-corrected chi connectivity index (χ3v) is 10.2. The largest absolute Gasteiger partial charge is 0.467 e. The van der Waals surface area contributed by atoms with Gasteiger partial charge in [-0.2, -0.15) is 0 Å². The lowest BCUT2D eigenvalue weighted by Crippen LogP contribution is -2.43. The van der Waals surface area contributed by atoms with Crippen LogP contribution in [0, 0.1) is 0 Å². The van der Waals surface area contributed by atoms with Gasteiger partial charge in [-0.15, -0.1) is 0 Å². The number of ether oxygens (including phenoxy) is 1. The van der Waals surface area contributed by atoms with Crippen LogP contribution in [0.15, 0.2) is 12.5 Å². The second-order valence-corrected chi connectivity index (χ2v) is 14.9. The van der Waals surface area contributed by atoms with Crippen molar-refractivity contribution in [3.8, 4) is 0 Å². The first-order chi connectivity index (χ1) is 24.5. The van der Waals surface area contributed by atoms with Crippen molar-refractivity contribution < 1.29 is 19.1 Å². The van der Waals surface area contributed by atoms with E-state index in [0.29, 0.717) is 18.5 Å². The summed E-state index contributed by atoms with van der Waals surface area (Å²) in [5, 5.41) is 2.84. The van der Waals surface area contributed by atoms with Crippen LogP contribution in [0.25, 0.3) is 0 Å². The van der Waals surface area contributed by atoms with Gasteiger partial charge in [0.05, 0.1) is 12.8 Å². The number of amides is 1. The molecule has 0 fully saturated rings. The van der Waals surface area contributed by atoms with Gasteiger partial charge in [-0.05, 0) is 12.8 Å². The zero-order chi connectivity index (χ0) is 36.3. The molecule has 0 radical (unpaired) electrons. The Morgan fingerprint density at radius 3 is 1.32 bits per heavy atom. The fourth-order valence-corrected chi connectivity index (χ4v) is 6.85. The number of hydrogen-bond donors (Lipinski definition) is 1. The number of aromatic nitrogens is 2. The van der Waals surface area contributed by atoms with Gasteiger partial charge in [0.2, 0.25) is 11.8 Å². The normalized spacial score (nSPS) is 11.9.